The molecule has 170 valence electrons. The van der Waals surface area contributed by atoms with E-state index in [1.165, 1.54) is 22.7 Å². The van der Waals surface area contributed by atoms with E-state index < -0.39 is 27.7 Å². The van der Waals surface area contributed by atoms with Crippen LogP contribution in [0.2, 0.25) is 0 Å². The standard InChI is InChI=1S/C20H18F3N3O3S3/c1-11-19(31-12(2)24-11)16-10-30-18(25-16)7-17(27)13-8-26(9-13)32(28,29)15-5-3-14(4-6-15)20(21,22)23/h3-6,10,13H,7-9H2,1-2H3. The van der Waals surface area contributed by atoms with E-state index in [9.17, 15) is 26.4 Å². The van der Waals surface area contributed by atoms with Crippen molar-refractivity contribution < 1.29 is 26.4 Å². The van der Waals surface area contributed by atoms with Crippen LogP contribution in [-0.2, 0) is 27.4 Å². The number of nitrogens with zero attached hydrogens (tertiary/aromatic N) is 3. The van der Waals surface area contributed by atoms with Gasteiger partial charge in [-0.15, -0.1) is 22.7 Å². The molecule has 0 bridgehead atoms. The number of benzene rings is 1. The van der Waals surface area contributed by atoms with E-state index >= 15 is 0 Å². The highest BCUT2D eigenvalue weighted by Crippen LogP contribution is 2.33. The Morgan fingerprint density at radius 3 is 2.38 bits per heavy atom. The number of halogens is 3. The van der Waals surface area contributed by atoms with Crippen molar-refractivity contribution in [3.63, 3.8) is 0 Å². The molecule has 32 heavy (non-hydrogen) atoms. The van der Waals surface area contributed by atoms with Crippen LogP contribution in [0.1, 0.15) is 21.3 Å². The molecule has 1 saturated heterocycles. The number of rotatable bonds is 6. The first kappa shape index (κ1) is 23.0. The zero-order valence-corrected chi connectivity index (χ0v) is 19.5. The number of ketones is 1. The molecule has 4 rings (SSSR count). The fourth-order valence-corrected chi connectivity index (χ4v) is 6.64. The number of thiazole rings is 2. The summed E-state index contributed by atoms with van der Waals surface area (Å²) in [4.78, 5) is 22.2. The maximum atomic E-state index is 12.7. The van der Waals surface area contributed by atoms with Crippen molar-refractivity contribution >= 4 is 38.5 Å². The average molecular weight is 502 g/mol. The normalized spacial score (nSPS) is 15.7. The fourth-order valence-electron chi connectivity index (χ4n) is 3.36. The van der Waals surface area contributed by atoms with E-state index in [-0.39, 0.29) is 30.2 Å². The van der Waals surface area contributed by atoms with Crippen LogP contribution in [-0.4, -0.2) is 41.6 Å². The van der Waals surface area contributed by atoms with Gasteiger partial charge in [0.1, 0.15) is 10.8 Å². The van der Waals surface area contributed by atoms with Crippen LogP contribution >= 0.6 is 22.7 Å². The average Bonchev–Trinajstić information content (AvgIpc) is 3.25. The molecule has 3 heterocycles. The molecule has 0 spiro atoms. The molecule has 6 nitrogen and oxygen atoms in total. The number of carbonyl (C=O) groups excluding carboxylic acids is 1. The van der Waals surface area contributed by atoms with Crippen LogP contribution < -0.4 is 0 Å². The number of hydrogen-bond acceptors (Lipinski definition) is 7. The van der Waals surface area contributed by atoms with E-state index in [0.29, 0.717) is 5.01 Å². The first-order valence-electron chi connectivity index (χ1n) is 9.54. The Morgan fingerprint density at radius 2 is 1.81 bits per heavy atom. The van der Waals surface area contributed by atoms with Crippen molar-refractivity contribution in [2.24, 2.45) is 5.92 Å². The van der Waals surface area contributed by atoms with Crippen molar-refractivity contribution in [2.75, 3.05) is 13.1 Å². The predicted octanol–water partition coefficient (Wildman–Crippen LogP) is 4.33. The first-order valence-corrected chi connectivity index (χ1v) is 12.7. The maximum Gasteiger partial charge on any atom is 0.416 e. The molecular formula is C20H18F3N3O3S3. The van der Waals surface area contributed by atoms with E-state index in [2.05, 4.69) is 9.97 Å². The third-order valence-corrected chi connectivity index (χ3v) is 8.93. The number of aryl methyl sites for hydroxylation is 2. The van der Waals surface area contributed by atoms with Crippen molar-refractivity contribution in [1.29, 1.82) is 0 Å². The van der Waals surface area contributed by atoms with E-state index in [4.69, 9.17) is 0 Å². The van der Waals surface area contributed by atoms with Gasteiger partial charge in [-0.3, -0.25) is 4.79 Å². The molecule has 0 amide bonds. The van der Waals surface area contributed by atoms with Crippen LogP contribution in [0.4, 0.5) is 13.2 Å². The molecule has 1 aliphatic heterocycles. The maximum absolute atomic E-state index is 12.7. The van der Waals surface area contributed by atoms with Crippen LogP contribution in [0, 0.1) is 19.8 Å². The lowest BCUT2D eigenvalue weighted by Gasteiger charge is -2.37. The summed E-state index contributed by atoms with van der Waals surface area (Å²) < 4.78 is 64.4. The summed E-state index contributed by atoms with van der Waals surface area (Å²) >= 11 is 2.91. The molecule has 0 atom stereocenters. The van der Waals surface area contributed by atoms with Gasteiger partial charge in [-0.05, 0) is 38.1 Å². The van der Waals surface area contributed by atoms with Crippen molar-refractivity contribution in [2.45, 2.75) is 31.3 Å². The van der Waals surface area contributed by atoms with Crippen LogP contribution in [0.25, 0.3) is 10.6 Å². The molecule has 0 unspecified atom stereocenters. The molecular weight excluding hydrogens is 483 g/mol. The Kier molecular flexibility index (Phi) is 5.99. The summed E-state index contributed by atoms with van der Waals surface area (Å²) in [6, 6.07) is 3.35. The number of sulfonamides is 1. The highest BCUT2D eigenvalue weighted by molar-refractivity contribution is 7.89. The summed E-state index contributed by atoms with van der Waals surface area (Å²) in [6.07, 6.45) is -4.43. The Labute approximate surface area is 190 Å². The number of carbonyl (C=O) groups is 1. The second kappa shape index (κ2) is 8.32. The number of hydrogen-bond donors (Lipinski definition) is 0. The topological polar surface area (TPSA) is 80.2 Å². The van der Waals surface area contributed by atoms with Gasteiger partial charge < -0.3 is 0 Å². The Bertz CT molecular complexity index is 1260. The fraction of sp³-hybridized carbons (Fsp3) is 0.350. The summed E-state index contributed by atoms with van der Waals surface area (Å²) in [5.74, 6) is -0.569. The van der Waals surface area contributed by atoms with Crippen LogP contribution in [0.5, 0.6) is 0 Å². The molecule has 3 aromatic rings. The molecule has 12 heteroatoms. The lowest BCUT2D eigenvalue weighted by molar-refractivity contribution is -0.137. The van der Waals surface area contributed by atoms with Gasteiger partial charge in [-0.2, -0.15) is 17.5 Å². The third-order valence-electron chi connectivity index (χ3n) is 5.14. The minimum Gasteiger partial charge on any atom is -0.299 e. The Balaban J connectivity index is 1.37. The Morgan fingerprint density at radius 1 is 1.16 bits per heavy atom. The summed E-state index contributed by atoms with van der Waals surface area (Å²) in [6.45, 7) is 3.84. The Hall–Kier alpha value is -2.15. The summed E-state index contributed by atoms with van der Waals surface area (Å²) in [7, 11) is -3.94. The molecule has 2 aromatic heterocycles. The second-order valence-electron chi connectivity index (χ2n) is 7.46. The molecule has 0 aliphatic carbocycles. The predicted molar refractivity (Wildman–Crippen MR) is 115 cm³/mol. The highest BCUT2D eigenvalue weighted by atomic mass is 32.2. The van der Waals surface area contributed by atoms with E-state index in [1.807, 2.05) is 19.2 Å². The van der Waals surface area contributed by atoms with Gasteiger partial charge >= 0.3 is 6.18 Å². The van der Waals surface area contributed by atoms with Crippen LogP contribution in [0.3, 0.4) is 0 Å². The third kappa shape index (κ3) is 4.49. The second-order valence-corrected chi connectivity index (χ2v) is 11.5. The number of alkyl halides is 3. The van der Waals surface area contributed by atoms with Crippen molar-refractivity contribution in [3.8, 4) is 10.6 Å². The monoisotopic (exact) mass is 501 g/mol. The SMILES string of the molecule is Cc1nc(C)c(-c2csc(CC(=O)C3CN(S(=O)(=O)c4ccc(C(F)(F)F)cc4)C3)n2)s1. The number of aromatic nitrogens is 2. The van der Waals surface area contributed by atoms with E-state index in [0.717, 1.165) is 49.8 Å². The molecule has 1 aliphatic rings. The van der Waals surface area contributed by atoms with Crippen molar-refractivity contribution in [1.82, 2.24) is 14.3 Å². The van der Waals surface area contributed by atoms with Gasteiger partial charge in [0.2, 0.25) is 10.0 Å². The lowest BCUT2D eigenvalue weighted by Crippen LogP contribution is -2.53. The lowest BCUT2D eigenvalue weighted by atomic mass is 9.96. The first-order chi connectivity index (χ1) is 14.9. The van der Waals surface area contributed by atoms with Gasteiger partial charge in [0.15, 0.2) is 0 Å². The molecule has 0 radical (unpaired) electrons. The van der Waals surface area contributed by atoms with Gasteiger partial charge in [0, 0.05) is 24.4 Å². The van der Waals surface area contributed by atoms with E-state index in [1.54, 1.807) is 0 Å². The zero-order chi connectivity index (χ0) is 23.3. The minimum absolute atomic E-state index is 0.00751. The largest absolute Gasteiger partial charge is 0.416 e. The van der Waals surface area contributed by atoms with Gasteiger partial charge in [-0.1, -0.05) is 0 Å². The molecule has 1 aromatic carbocycles. The van der Waals surface area contributed by atoms with Crippen molar-refractivity contribution in [3.05, 3.63) is 50.9 Å². The summed E-state index contributed by atoms with van der Waals surface area (Å²) in [5, 5.41) is 3.47. The number of Topliss-reactive ketones (excluding diaryl/α,β-unsaturated/α-hetero) is 1. The minimum atomic E-state index is -4.54. The van der Waals surface area contributed by atoms with Gasteiger partial charge in [-0.25, -0.2) is 18.4 Å². The smallest absolute Gasteiger partial charge is 0.299 e. The molecule has 0 saturated carbocycles. The molecule has 0 N–H and O–H groups in total. The van der Waals surface area contributed by atoms with Crippen LogP contribution in [0.15, 0.2) is 34.5 Å². The summed E-state index contributed by atoms with van der Waals surface area (Å²) in [5.41, 5.74) is 0.749. The quantitative estimate of drug-likeness (QED) is 0.502. The highest BCUT2D eigenvalue weighted by Gasteiger charge is 2.40. The molecule has 1 fully saturated rings. The zero-order valence-electron chi connectivity index (χ0n) is 17.0. The van der Waals surface area contributed by atoms with Gasteiger partial charge in [0.25, 0.3) is 0 Å². The van der Waals surface area contributed by atoms with Gasteiger partial charge in [0.05, 0.1) is 38.2 Å².